The lowest BCUT2D eigenvalue weighted by molar-refractivity contribution is 0.0938. The summed E-state index contributed by atoms with van der Waals surface area (Å²) in [6, 6.07) is 2.19. The second kappa shape index (κ2) is 6.68. The molecule has 1 aromatic heterocycles. The van der Waals surface area contributed by atoms with Gasteiger partial charge in [-0.3, -0.25) is 0 Å². The van der Waals surface area contributed by atoms with Crippen molar-refractivity contribution in [1.82, 2.24) is 15.3 Å². The third-order valence-electron chi connectivity index (χ3n) is 2.95. The van der Waals surface area contributed by atoms with Crippen LogP contribution in [0.25, 0.3) is 0 Å². The molecular weight excluding hydrogens is 244 g/mol. The van der Waals surface area contributed by atoms with Crippen LogP contribution in [0.15, 0.2) is 12.4 Å². The molecule has 0 amide bonds. The molecule has 1 fully saturated rings. The Balaban J connectivity index is 2.14. The van der Waals surface area contributed by atoms with Gasteiger partial charge >= 0.3 is 0 Å². The van der Waals surface area contributed by atoms with Crippen LogP contribution in [0.1, 0.15) is 13.8 Å². The lowest BCUT2D eigenvalue weighted by Crippen LogP contribution is -2.50. The number of hydrogen-bond acceptors (Lipinski definition) is 6. The number of ether oxygens (including phenoxy) is 2. The minimum Gasteiger partial charge on any atom is -0.475 e. The molecular formula is C13H22N4O2. The SMILES string of the molecule is CNCC1COCCN1c1cc(OC(C)C)ncn1. The third-order valence-corrected chi connectivity index (χ3v) is 2.95. The Bertz CT molecular complexity index is 398. The van der Waals surface area contributed by atoms with Crippen molar-refractivity contribution < 1.29 is 9.47 Å². The van der Waals surface area contributed by atoms with Crippen molar-refractivity contribution in [1.29, 1.82) is 0 Å². The van der Waals surface area contributed by atoms with Crippen LogP contribution in [-0.4, -0.2) is 55.5 Å². The smallest absolute Gasteiger partial charge is 0.218 e. The first-order valence-electron chi connectivity index (χ1n) is 6.68. The molecule has 1 saturated heterocycles. The minimum atomic E-state index is 0.112. The van der Waals surface area contributed by atoms with Crippen molar-refractivity contribution in [3.05, 3.63) is 12.4 Å². The van der Waals surface area contributed by atoms with E-state index in [9.17, 15) is 0 Å². The summed E-state index contributed by atoms with van der Waals surface area (Å²) in [4.78, 5) is 10.7. The average Bonchev–Trinajstić information content (AvgIpc) is 2.39. The summed E-state index contributed by atoms with van der Waals surface area (Å²) in [6.07, 6.45) is 1.67. The molecule has 6 nitrogen and oxygen atoms in total. The number of aromatic nitrogens is 2. The van der Waals surface area contributed by atoms with Gasteiger partial charge < -0.3 is 19.7 Å². The van der Waals surface area contributed by atoms with E-state index in [1.54, 1.807) is 6.33 Å². The Kier molecular flexibility index (Phi) is 4.93. The summed E-state index contributed by atoms with van der Waals surface area (Å²) >= 11 is 0. The van der Waals surface area contributed by atoms with E-state index >= 15 is 0 Å². The highest BCUT2D eigenvalue weighted by atomic mass is 16.5. The van der Waals surface area contributed by atoms with Crippen LogP contribution in [0, 0.1) is 0 Å². The number of hydrogen-bond donors (Lipinski definition) is 1. The molecule has 0 bridgehead atoms. The zero-order valence-corrected chi connectivity index (χ0v) is 11.8. The van der Waals surface area contributed by atoms with Crippen molar-refractivity contribution >= 4 is 5.82 Å². The van der Waals surface area contributed by atoms with E-state index < -0.39 is 0 Å². The number of nitrogens with zero attached hydrogens (tertiary/aromatic N) is 3. The van der Waals surface area contributed by atoms with Gasteiger partial charge in [-0.25, -0.2) is 9.97 Å². The van der Waals surface area contributed by atoms with Crippen molar-refractivity contribution in [2.45, 2.75) is 26.0 Å². The highest BCUT2D eigenvalue weighted by molar-refractivity contribution is 5.42. The van der Waals surface area contributed by atoms with Crippen molar-refractivity contribution in [2.24, 2.45) is 0 Å². The second-order valence-electron chi connectivity index (χ2n) is 4.86. The van der Waals surface area contributed by atoms with Crippen molar-refractivity contribution in [2.75, 3.05) is 38.3 Å². The first-order valence-corrected chi connectivity index (χ1v) is 6.68. The van der Waals surface area contributed by atoms with Gasteiger partial charge in [-0.15, -0.1) is 0 Å². The molecule has 1 atom stereocenters. The molecule has 1 aliphatic rings. The predicted molar refractivity (Wildman–Crippen MR) is 73.7 cm³/mol. The molecule has 106 valence electrons. The fourth-order valence-corrected chi connectivity index (χ4v) is 2.15. The Hall–Kier alpha value is -1.40. The van der Waals surface area contributed by atoms with Crippen molar-refractivity contribution in [3.8, 4) is 5.88 Å². The Labute approximate surface area is 114 Å². The highest BCUT2D eigenvalue weighted by Crippen LogP contribution is 2.20. The molecule has 0 aromatic carbocycles. The van der Waals surface area contributed by atoms with E-state index in [1.807, 2.05) is 27.0 Å². The molecule has 2 rings (SSSR count). The zero-order valence-electron chi connectivity index (χ0n) is 11.8. The van der Waals surface area contributed by atoms with E-state index in [4.69, 9.17) is 9.47 Å². The molecule has 0 radical (unpaired) electrons. The first kappa shape index (κ1) is 14.0. The van der Waals surface area contributed by atoms with Crippen LogP contribution in [0.3, 0.4) is 0 Å². The number of rotatable bonds is 5. The van der Waals surface area contributed by atoms with Gasteiger partial charge in [0, 0.05) is 19.2 Å². The van der Waals surface area contributed by atoms with E-state index in [1.165, 1.54) is 0 Å². The fourth-order valence-electron chi connectivity index (χ4n) is 2.15. The Morgan fingerprint density at radius 1 is 1.53 bits per heavy atom. The third kappa shape index (κ3) is 3.78. The maximum Gasteiger partial charge on any atom is 0.218 e. The molecule has 2 heterocycles. The highest BCUT2D eigenvalue weighted by Gasteiger charge is 2.24. The van der Waals surface area contributed by atoms with E-state index in [0.717, 1.165) is 25.5 Å². The van der Waals surface area contributed by atoms with Gasteiger partial charge in [-0.05, 0) is 20.9 Å². The predicted octanol–water partition coefficient (Wildman–Crippen LogP) is 0.688. The summed E-state index contributed by atoms with van der Waals surface area (Å²) in [5.41, 5.74) is 0. The molecule has 1 aliphatic heterocycles. The zero-order chi connectivity index (χ0) is 13.7. The average molecular weight is 266 g/mol. The Morgan fingerprint density at radius 3 is 3.11 bits per heavy atom. The normalized spacial score (nSPS) is 19.8. The second-order valence-corrected chi connectivity index (χ2v) is 4.86. The van der Waals surface area contributed by atoms with Crippen LogP contribution in [0.4, 0.5) is 5.82 Å². The lowest BCUT2D eigenvalue weighted by atomic mass is 10.2. The minimum absolute atomic E-state index is 0.112. The lowest BCUT2D eigenvalue weighted by Gasteiger charge is -2.36. The number of anilines is 1. The molecule has 0 aliphatic carbocycles. The van der Waals surface area contributed by atoms with E-state index in [0.29, 0.717) is 18.5 Å². The Morgan fingerprint density at radius 2 is 2.37 bits per heavy atom. The van der Waals surface area contributed by atoms with Crippen molar-refractivity contribution in [3.63, 3.8) is 0 Å². The molecule has 1 unspecified atom stereocenters. The molecule has 0 saturated carbocycles. The summed E-state index contributed by atoms with van der Waals surface area (Å²) in [6.45, 7) is 7.12. The van der Waals surface area contributed by atoms with Gasteiger partial charge in [0.05, 0.1) is 25.4 Å². The maximum absolute atomic E-state index is 5.62. The topological polar surface area (TPSA) is 59.5 Å². The molecule has 6 heteroatoms. The van der Waals surface area contributed by atoms with Gasteiger partial charge in [0.2, 0.25) is 5.88 Å². The van der Waals surface area contributed by atoms with E-state index in [-0.39, 0.29) is 6.10 Å². The monoisotopic (exact) mass is 266 g/mol. The summed E-state index contributed by atoms with van der Waals surface area (Å²) in [7, 11) is 1.94. The standard InChI is InChI=1S/C13H22N4O2/c1-10(2)19-13-6-12(15-9-16-13)17-4-5-18-8-11(17)7-14-3/h6,9-11,14H,4-5,7-8H2,1-3H3. The number of nitrogens with one attached hydrogen (secondary N) is 1. The first-order chi connectivity index (χ1) is 9.20. The molecule has 1 aromatic rings. The van der Waals surface area contributed by atoms with Crippen LogP contribution in [0.5, 0.6) is 5.88 Å². The van der Waals surface area contributed by atoms with Gasteiger partial charge in [0.15, 0.2) is 0 Å². The van der Waals surface area contributed by atoms with Gasteiger partial charge in [-0.2, -0.15) is 0 Å². The van der Waals surface area contributed by atoms with Gasteiger partial charge in [0.25, 0.3) is 0 Å². The van der Waals surface area contributed by atoms with Crippen LogP contribution in [-0.2, 0) is 4.74 Å². The van der Waals surface area contributed by atoms with E-state index in [2.05, 4.69) is 20.2 Å². The molecule has 0 spiro atoms. The molecule has 1 N–H and O–H groups in total. The largest absolute Gasteiger partial charge is 0.475 e. The fraction of sp³-hybridized carbons (Fsp3) is 0.692. The van der Waals surface area contributed by atoms with Gasteiger partial charge in [-0.1, -0.05) is 0 Å². The summed E-state index contributed by atoms with van der Waals surface area (Å²) < 4.78 is 11.1. The van der Waals surface area contributed by atoms with Crippen LogP contribution < -0.4 is 15.0 Å². The molecule has 19 heavy (non-hydrogen) atoms. The van der Waals surface area contributed by atoms with Crippen LogP contribution >= 0.6 is 0 Å². The number of likely N-dealkylation sites (N-methyl/N-ethyl adjacent to an activating group) is 1. The quantitative estimate of drug-likeness (QED) is 0.846. The number of morpholine rings is 1. The van der Waals surface area contributed by atoms with Crippen LogP contribution in [0.2, 0.25) is 0 Å². The van der Waals surface area contributed by atoms with Gasteiger partial charge in [0.1, 0.15) is 12.1 Å². The summed E-state index contributed by atoms with van der Waals surface area (Å²) in [5, 5.41) is 3.19. The summed E-state index contributed by atoms with van der Waals surface area (Å²) in [5.74, 6) is 1.52. The maximum atomic E-state index is 5.62.